The molecule has 17 aromatic rings. The van der Waals surface area contributed by atoms with Crippen molar-refractivity contribution in [1.29, 1.82) is 0 Å². The van der Waals surface area contributed by atoms with Crippen molar-refractivity contribution in [3.8, 4) is 51.3 Å². The van der Waals surface area contributed by atoms with E-state index in [0.29, 0.717) is 17.2 Å². The van der Waals surface area contributed by atoms with Gasteiger partial charge in [0.2, 0.25) is 0 Å². The van der Waals surface area contributed by atoms with Gasteiger partial charge in [0.15, 0.2) is 0 Å². The molecule has 17 rings (SSSR count). The first kappa shape index (κ1) is 50.9. The maximum atomic E-state index is 7.08. The Bertz CT molecular complexity index is 4780. The van der Waals surface area contributed by atoms with Crippen molar-refractivity contribution in [2.45, 2.75) is 19.8 Å². The summed E-state index contributed by atoms with van der Waals surface area (Å²) in [4.78, 5) is 4.68. The molecule has 0 aliphatic heterocycles. The van der Waals surface area contributed by atoms with Crippen LogP contribution in [0.3, 0.4) is 0 Å². The number of para-hydroxylation sites is 8. The van der Waals surface area contributed by atoms with Crippen LogP contribution in [0.15, 0.2) is 297 Å². The molecule has 0 atom stereocenters. The minimum absolute atomic E-state index is 0.258. The SMILES string of the molecule is c1ccc(-c2cc(OCc3cc(OCc4cc(-n5c6ccccc6c6ccccc65)cc(-n5c6ccccc6c6ccccc65)c4)cc(OCc4cc(-n5c6ccccc6c6ccccc65)cc(-n5c6ccccc6c6ccccc65)c4)c3)ccn2)cc1. The van der Waals surface area contributed by atoms with Crippen LogP contribution in [0.5, 0.6) is 17.2 Å². The van der Waals surface area contributed by atoms with Crippen LogP contribution in [-0.4, -0.2) is 23.3 Å². The molecule has 0 saturated heterocycles. The van der Waals surface area contributed by atoms with Crippen LogP contribution in [0.2, 0.25) is 0 Å². The second kappa shape index (κ2) is 21.2. The van der Waals surface area contributed by atoms with Crippen LogP contribution in [0.25, 0.3) is 121 Å². The molecule has 0 N–H and O–H groups in total. The van der Waals surface area contributed by atoms with Crippen LogP contribution in [0, 0.1) is 0 Å². The van der Waals surface area contributed by atoms with Gasteiger partial charge in [0.25, 0.3) is 0 Å². The average molecular weight is 1130 g/mol. The highest BCUT2D eigenvalue weighted by Crippen LogP contribution is 2.40. The van der Waals surface area contributed by atoms with E-state index < -0.39 is 0 Å². The van der Waals surface area contributed by atoms with Crippen LogP contribution >= 0.6 is 0 Å². The summed E-state index contributed by atoms with van der Waals surface area (Å²) in [6.45, 7) is 0.799. The molecule has 0 unspecified atom stereocenters. The van der Waals surface area contributed by atoms with Gasteiger partial charge in [-0.05, 0) is 120 Å². The largest absolute Gasteiger partial charge is 0.489 e. The number of rotatable bonds is 14. The summed E-state index contributed by atoms with van der Waals surface area (Å²) in [6, 6.07) is 103. The Balaban J connectivity index is 0.781. The zero-order valence-corrected chi connectivity index (χ0v) is 47.9. The van der Waals surface area contributed by atoms with E-state index in [2.05, 4.69) is 278 Å². The number of benzene rings is 12. The van der Waals surface area contributed by atoms with E-state index in [1.54, 1.807) is 6.20 Å². The third-order valence-corrected chi connectivity index (χ3v) is 17.2. The lowest BCUT2D eigenvalue weighted by molar-refractivity contribution is 0.281. The van der Waals surface area contributed by atoms with Crippen molar-refractivity contribution < 1.29 is 14.2 Å². The lowest BCUT2D eigenvalue weighted by Gasteiger charge is -2.18. The summed E-state index contributed by atoms with van der Waals surface area (Å²) >= 11 is 0. The van der Waals surface area contributed by atoms with E-state index in [9.17, 15) is 0 Å². The molecule has 0 aliphatic rings. The molecule has 0 aliphatic carbocycles. The Kier molecular flexibility index (Phi) is 12.2. The molecular formula is C80H55N5O3. The van der Waals surface area contributed by atoms with Gasteiger partial charge in [-0.3, -0.25) is 4.98 Å². The predicted octanol–water partition coefficient (Wildman–Crippen LogP) is 19.9. The normalized spacial score (nSPS) is 11.8. The molecule has 88 heavy (non-hydrogen) atoms. The van der Waals surface area contributed by atoms with Crippen molar-refractivity contribution in [3.63, 3.8) is 0 Å². The van der Waals surface area contributed by atoms with Crippen molar-refractivity contribution in [2.75, 3.05) is 0 Å². The molecule has 8 nitrogen and oxygen atoms in total. The van der Waals surface area contributed by atoms with E-state index in [4.69, 9.17) is 14.2 Å². The average Bonchev–Trinajstić information content (AvgIpc) is 1.76. The predicted molar refractivity (Wildman–Crippen MR) is 359 cm³/mol. The minimum Gasteiger partial charge on any atom is -0.489 e. The molecule has 5 aromatic heterocycles. The second-order valence-electron chi connectivity index (χ2n) is 22.6. The van der Waals surface area contributed by atoms with Gasteiger partial charge < -0.3 is 32.5 Å². The van der Waals surface area contributed by atoms with Crippen molar-refractivity contribution in [3.05, 3.63) is 314 Å². The maximum Gasteiger partial charge on any atom is 0.123 e. The summed E-state index contributed by atoms with van der Waals surface area (Å²) < 4.78 is 30.4. The Morgan fingerprint density at radius 2 is 0.511 bits per heavy atom. The fourth-order valence-electron chi connectivity index (χ4n) is 13.4. The van der Waals surface area contributed by atoms with Crippen molar-refractivity contribution in [1.82, 2.24) is 23.3 Å². The topological polar surface area (TPSA) is 60.3 Å². The third kappa shape index (κ3) is 8.80. The molecule has 418 valence electrons. The summed E-state index contributed by atoms with van der Waals surface area (Å²) in [5, 5.41) is 9.62. The Labute approximate surface area is 507 Å². The highest BCUT2D eigenvalue weighted by Gasteiger charge is 2.20. The molecule has 0 fully saturated rings. The standard InChI is InChI=1S/C80H55N5O3/c1-2-20-56(21-3-1)72-49-61(38-39-81-72)86-52-55-44-62(87-50-53-40-57(82-73-30-12-4-22-64(73)65-23-5-13-31-74(65)82)46-58(41-53)83-75-32-14-6-24-66(75)67-25-7-15-33-76(67)83)48-63(45-55)88-51-54-42-59(84-77-34-16-8-26-68(77)69-27-9-17-35-78(69)84)47-60(43-54)85-79-36-18-10-28-70(79)71-29-11-19-37-80(71)85/h1-49H,50-52H2. The molecule has 0 bridgehead atoms. The lowest BCUT2D eigenvalue weighted by atomic mass is 10.1. The second-order valence-corrected chi connectivity index (χ2v) is 22.6. The summed E-state index contributed by atoms with van der Waals surface area (Å²) in [7, 11) is 0. The Morgan fingerprint density at radius 3 is 0.830 bits per heavy atom. The zero-order chi connectivity index (χ0) is 58.1. The molecule has 12 aromatic carbocycles. The molecule has 0 radical (unpaired) electrons. The van der Waals surface area contributed by atoms with E-state index in [1.165, 1.54) is 43.1 Å². The van der Waals surface area contributed by atoms with Gasteiger partial charge >= 0.3 is 0 Å². The van der Waals surface area contributed by atoms with Crippen molar-refractivity contribution >= 4 is 87.2 Å². The maximum absolute atomic E-state index is 7.08. The van der Waals surface area contributed by atoms with Crippen molar-refractivity contribution in [2.24, 2.45) is 0 Å². The van der Waals surface area contributed by atoms with E-state index >= 15 is 0 Å². The molecule has 5 heterocycles. The summed E-state index contributed by atoms with van der Waals surface area (Å²) in [5.74, 6) is 2.02. The number of aromatic nitrogens is 5. The van der Waals surface area contributed by atoms with Gasteiger partial charge in [0.05, 0.1) is 49.8 Å². The Hall–Kier alpha value is -11.6. The van der Waals surface area contributed by atoms with Crippen LogP contribution < -0.4 is 14.2 Å². The van der Waals surface area contributed by atoms with E-state index in [1.807, 2.05) is 36.4 Å². The van der Waals surface area contributed by atoms with Gasteiger partial charge in [-0.25, -0.2) is 0 Å². The first-order chi connectivity index (χ1) is 43.6. The first-order valence-electron chi connectivity index (χ1n) is 29.9. The molecule has 0 amide bonds. The zero-order valence-electron chi connectivity index (χ0n) is 47.9. The lowest BCUT2D eigenvalue weighted by Crippen LogP contribution is -2.05. The van der Waals surface area contributed by atoms with Gasteiger partial charge in [-0.1, -0.05) is 176 Å². The third-order valence-electron chi connectivity index (χ3n) is 17.2. The summed E-state index contributed by atoms with van der Waals surface area (Å²) in [5.41, 5.74) is 18.0. The monoisotopic (exact) mass is 1130 g/mol. The molecule has 0 saturated carbocycles. The highest BCUT2D eigenvalue weighted by molar-refractivity contribution is 6.12. The van der Waals surface area contributed by atoms with Gasteiger partial charge in [-0.15, -0.1) is 0 Å². The quantitative estimate of drug-likeness (QED) is 0.109. The van der Waals surface area contributed by atoms with Crippen LogP contribution in [0.4, 0.5) is 0 Å². The molecule has 0 spiro atoms. The molecular weight excluding hydrogens is 1080 g/mol. The van der Waals surface area contributed by atoms with Crippen LogP contribution in [-0.2, 0) is 19.8 Å². The van der Waals surface area contributed by atoms with Gasteiger partial charge in [0, 0.05) is 89.7 Å². The number of nitrogens with zero attached hydrogens (tertiary/aromatic N) is 5. The minimum atomic E-state index is 0.258. The van der Waals surface area contributed by atoms with E-state index in [0.717, 1.165) is 94.8 Å². The van der Waals surface area contributed by atoms with Gasteiger partial charge in [0.1, 0.15) is 37.1 Å². The number of hydrogen-bond acceptors (Lipinski definition) is 4. The first-order valence-corrected chi connectivity index (χ1v) is 29.9. The molecule has 8 heteroatoms. The smallest absolute Gasteiger partial charge is 0.123 e. The highest BCUT2D eigenvalue weighted by atomic mass is 16.5. The fourth-order valence-corrected chi connectivity index (χ4v) is 13.4. The van der Waals surface area contributed by atoms with E-state index in [-0.39, 0.29) is 19.8 Å². The number of pyridine rings is 1. The van der Waals surface area contributed by atoms with Gasteiger partial charge in [-0.2, -0.15) is 0 Å². The number of ether oxygens (including phenoxy) is 3. The fraction of sp³-hybridized carbons (Fsp3) is 0.0375. The summed E-state index contributed by atoms with van der Waals surface area (Å²) in [6.07, 6.45) is 1.80. The Morgan fingerprint density at radius 1 is 0.239 bits per heavy atom. The number of fused-ring (bicyclic) bond motifs is 12. The van der Waals surface area contributed by atoms with Crippen LogP contribution in [0.1, 0.15) is 16.7 Å². The number of hydrogen-bond donors (Lipinski definition) is 0.